The highest BCUT2D eigenvalue weighted by Crippen LogP contribution is 2.02. The molecule has 1 aromatic heterocycles. The molecule has 0 amide bonds. The number of nitrogens with two attached hydrogens (primary N) is 1. The molecule has 1 rings (SSSR count). The van der Waals surface area contributed by atoms with E-state index in [9.17, 15) is 4.79 Å². The minimum absolute atomic E-state index is 0.0236. The zero-order valence-electron chi connectivity index (χ0n) is 8.65. The fraction of sp³-hybridized carbons (Fsp3) is 0.455. The Morgan fingerprint density at radius 3 is 2.87 bits per heavy atom. The van der Waals surface area contributed by atoms with E-state index in [0.29, 0.717) is 18.7 Å². The highest BCUT2D eigenvalue weighted by atomic mass is 16.1. The van der Waals surface area contributed by atoms with Gasteiger partial charge in [-0.2, -0.15) is 5.26 Å². The molecule has 0 aliphatic carbocycles. The third kappa shape index (κ3) is 3.86. The molecule has 4 heteroatoms. The van der Waals surface area contributed by atoms with Crippen LogP contribution in [0.4, 0.5) is 5.69 Å². The van der Waals surface area contributed by atoms with Gasteiger partial charge in [0, 0.05) is 30.9 Å². The molecular formula is C11H15N3O. The summed E-state index contributed by atoms with van der Waals surface area (Å²) < 4.78 is 1.61. The molecule has 4 nitrogen and oxygen atoms in total. The number of hydrogen-bond acceptors (Lipinski definition) is 3. The largest absolute Gasteiger partial charge is 0.398 e. The lowest BCUT2D eigenvalue weighted by atomic mass is 10.2. The van der Waals surface area contributed by atoms with Crippen LogP contribution in [0.1, 0.15) is 25.7 Å². The Balaban J connectivity index is 2.41. The van der Waals surface area contributed by atoms with Crippen molar-refractivity contribution < 1.29 is 0 Å². The molecule has 0 aliphatic rings. The second kappa shape index (κ2) is 5.86. The van der Waals surface area contributed by atoms with Gasteiger partial charge in [0.15, 0.2) is 0 Å². The van der Waals surface area contributed by atoms with Crippen LogP contribution in [-0.4, -0.2) is 4.57 Å². The lowest BCUT2D eigenvalue weighted by molar-refractivity contribution is 0.579. The van der Waals surface area contributed by atoms with Crippen LogP contribution in [0.15, 0.2) is 23.1 Å². The molecule has 0 saturated carbocycles. The third-order valence-electron chi connectivity index (χ3n) is 2.19. The molecular weight excluding hydrogens is 190 g/mol. The molecule has 80 valence electrons. The Kier molecular flexibility index (Phi) is 4.42. The van der Waals surface area contributed by atoms with E-state index < -0.39 is 0 Å². The monoisotopic (exact) mass is 205 g/mol. The molecule has 0 aromatic carbocycles. The molecule has 15 heavy (non-hydrogen) atoms. The normalized spacial score (nSPS) is 9.80. The van der Waals surface area contributed by atoms with Crippen molar-refractivity contribution >= 4 is 5.69 Å². The van der Waals surface area contributed by atoms with E-state index in [1.807, 2.05) is 0 Å². The second-order valence-electron chi connectivity index (χ2n) is 3.46. The average molecular weight is 205 g/mol. The summed E-state index contributed by atoms with van der Waals surface area (Å²) >= 11 is 0. The van der Waals surface area contributed by atoms with Gasteiger partial charge in [0.1, 0.15) is 0 Å². The molecule has 2 N–H and O–H groups in total. The Labute approximate surface area is 88.9 Å². The number of unbranched alkanes of at least 4 members (excludes halogenated alkanes) is 3. The van der Waals surface area contributed by atoms with Crippen molar-refractivity contribution in [2.24, 2.45) is 0 Å². The van der Waals surface area contributed by atoms with Crippen LogP contribution in [0.25, 0.3) is 0 Å². The van der Waals surface area contributed by atoms with Gasteiger partial charge in [-0.1, -0.05) is 6.42 Å². The summed E-state index contributed by atoms with van der Waals surface area (Å²) in [5.41, 5.74) is 6.16. The smallest absolute Gasteiger partial charge is 0.250 e. The van der Waals surface area contributed by atoms with Gasteiger partial charge in [0.05, 0.1) is 6.07 Å². The Morgan fingerprint density at radius 1 is 1.33 bits per heavy atom. The predicted molar refractivity (Wildman–Crippen MR) is 59.2 cm³/mol. The molecule has 0 radical (unpaired) electrons. The number of nitrogen functional groups attached to an aromatic ring is 1. The zero-order chi connectivity index (χ0) is 11.1. The van der Waals surface area contributed by atoms with E-state index in [-0.39, 0.29) is 5.56 Å². The first-order valence-electron chi connectivity index (χ1n) is 5.07. The predicted octanol–water partition coefficient (Wildman–Crippen LogP) is 1.51. The van der Waals surface area contributed by atoms with Gasteiger partial charge in [0.2, 0.25) is 0 Å². The molecule has 0 fully saturated rings. The number of aryl methyl sites for hydroxylation is 1. The summed E-state index contributed by atoms with van der Waals surface area (Å²) in [6.45, 7) is 0.676. The van der Waals surface area contributed by atoms with E-state index in [4.69, 9.17) is 11.0 Å². The quantitative estimate of drug-likeness (QED) is 0.740. The van der Waals surface area contributed by atoms with Crippen molar-refractivity contribution in [1.82, 2.24) is 4.57 Å². The lowest BCUT2D eigenvalue weighted by Crippen LogP contribution is -2.18. The SMILES string of the molecule is N#CCCCCCn1cc(N)ccc1=O. The molecule has 0 unspecified atom stereocenters. The molecule has 0 saturated heterocycles. The standard InChI is InChI=1S/C11H15N3O/c12-7-3-1-2-4-8-14-9-10(13)5-6-11(14)15/h5-6,9H,1-4,8,13H2. The van der Waals surface area contributed by atoms with Crippen LogP contribution in [0.3, 0.4) is 0 Å². The Morgan fingerprint density at radius 2 is 2.13 bits per heavy atom. The van der Waals surface area contributed by atoms with E-state index in [0.717, 1.165) is 19.3 Å². The van der Waals surface area contributed by atoms with E-state index in [1.165, 1.54) is 6.07 Å². The maximum Gasteiger partial charge on any atom is 0.250 e. The van der Waals surface area contributed by atoms with E-state index in [1.54, 1.807) is 16.8 Å². The summed E-state index contributed by atoms with van der Waals surface area (Å²) in [4.78, 5) is 11.3. The van der Waals surface area contributed by atoms with Gasteiger partial charge < -0.3 is 10.3 Å². The number of rotatable bonds is 5. The van der Waals surface area contributed by atoms with E-state index >= 15 is 0 Å². The molecule has 0 aliphatic heterocycles. The highest BCUT2D eigenvalue weighted by molar-refractivity contribution is 5.33. The van der Waals surface area contributed by atoms with Gasteiger partial charge in [-0.3, -0.25) is 4.79 Å². The lowest BCUT2D eigenvalue weighted by Gasteiger charge is -2.05. The van der Waals surface area contributed by atoms with Gasteiger partial charge in [-0.25, -0.2) is 0 Å². The maximum atomic E-state index is 11.3. The first-order chi connectivity index (χ1) is 7.24. The molecule has 0 atom stereocenters. The molecule has 1 heterocycles. The fourth-order valence-corrected chi connectivity index (χ4v) is 1.39. The van der Waals surface area contributed by atoms with Gasteiger partial charge in [0.25, 0.3) is 5.56 Å². The minimum atomic E-state index is -0.0236. The van der Waals surface area contributed by atoms with Crippen molar-refractivity contribution in [2.75, 3.05) is 5.73 Å². The maximum absolute atomic E-state index is 11.3. The highest BCUT2D eigenvalue weighted by Gasteiger charge is 1.96. The topological polar surface area (TPSA) is 71.8 Å². The van der Waals surface area contributed by atoms with Crippen molar-refractivity contribution in [3.05, 3.63) is 28.7 Å². The van der Waals surface area contributed by atoms with Crippen LogP contribution in [0.5, 0.6) is 0 Å². The Bertz CT molecular complexity index is 403. The number of nitrogens with zero attached hydrogens (tertiary/aromatic N) is 2. The summed E-state index contributed by atoms with van der Waals surface area (Å²) in [5, 5.41) is 8.34. The van der Waals surface area contributed by atoms with E-state index in [2.05, 4.69) is 6.07 Å². The zero-order valence-corrected chi connectivity index (χ0v) is 8.65. The third-order valence-corrected chi connectivity index (χ3v) is 2.19. The average Bonchev–Trinajstić information content (AvgIpc) is 2.23. The summed E-state index contributed by atoms with van der Waals surface area (Å²) in [5.74, 6) is 0. The molecule has 0 spiro atoms. The second-order valence-corrected chi connectivity index (χ2v) is 3.46. The van der Waals surface area contributed by atoms with Crippen LogP contribution >= 0.6 is 0 Å². The first-order valence-corrected chi connectivity index (χ1v) is 5.07. The minimum Gasteiger partial charge on any atom is -0.398 e. The number of pyridine rings is 1. The number of anilines is 1. The molecule has 1 aromatic rings. The summed E-state index contributed by atoms with van der Waals surface area (Å²) in [6.07, 6.45) is 5.02. The van der Waals surface area contributed by atoms with Gasteiger partial charge in [-0.15, -0.1) is 0 Å². The van der Waals surface area contributed by atoms with Crippen molar-refractivity contribution in [3.63, 3.8) is 0 Å². The van der Waals surface area contributed by atoms with Crippen molar-refractivity contribution in [2.45, 2.75) is 32.2 Å². The van der Waals surface area contributed by atoms with Crippen LogP contribution in [-0.2, 0) is 6.54 Å². The van der Waals surface area contributed by atoms with Crippen molar-refractivity contribution in [1.29, 1.82) is 5.26 Å². The number of hydrogen-bond donors (Lipinski definition) is 1. The van der Waals surface area contributed by atoms with Crippen molar-refractivity contribution in [3.8, 4) is 6.07 Å². The van der Waals surface area contributed by atoms with Crippen LogP contribution in [0, 0.1) is 11.3 Å². The molecule has 0 bridgehead atoms. The van der Waals surface area contributed by atoms with Gasteiger partial charge in [-0.05, 0) is 18.9 Å². The Hall–Kier alpha value is -1.76. The van der Waals surface area contributed by atoms with Gasteiger partial charge >= 0.3 is 0 Å². The fourth-order valence-electron chi connectivity index (χ4n) is 1.39. The number of nitriles is 1. The van der Waals surface area contributed by atoms with Crippen LogP contribution in [0.2, 0.25) is 0 Å². The summed E-state index contributed by atoms with van der Waals surface area (Å²) in [6, 6.07) is 5.18. The summed E-state index contributed by atoms with van der Waals surface area (Å²) in [7, 11) is 0. The number of aromatic nitrogens is 1. The first kappa shape index (κ1) is 11.3. The van der Waals surface area contributed by atoms with Crippen LogP contribution < -0.4 is 11.3 Å².